The van der Waals surface area contributed by atoms with Crippen LogP contribution in [-0.2, 0) is 11.3 Å². The van der Waals surface area contributed by atoms with Crippen LogP contribution >= 0.6 is 23.1 Å². The Morgan fingerprint density at radius 2 is 2.21 bits per heavy atom. The maximum absolute atomic E-state index is 12.0. The Morgan fingerprint density at radius 3 is 3.00 bits per heavy atom. The number of rotatable bonds is 6. The summed E-state index contributed by atoms with van der Waals surface area (Å²) in [5.41, 5.74) is 3.49. The predicted molar refractivity (Wildman–Crippen MR) is 99.9 cm³/mol. The van der Waals surface area contributed by atoms with E-state index in [2.05, 4.69) is 42.3 Å². The molecule has 1 aromatic carbocycles. The quantitative estimate of drug-likeness (QED) is 0.679. The lowest BCUT2D eigenvalue weighted by Gasteiger charge is -2.11. The Labute approximate surface area is 149 Å². The minimum absolute atomic E-state index is 0.0175. The lowest BCUT2D eigenvalue weighted by molar-refractivity contribution is -0.118. The van der Waals surface area contributed by atoms with Gasteiger partial charge in [0.2, 0.25) is 5.91 Å². The van der Waals surface area contributed by atoms with Crippen LogP contribution < -0.4 is 5.32 Å². The van der Waals surface area contributed by atoms with Crippen LogP contribution in [-0.4, -0.2) is 21.2 Å². The molecular formula is C18H19N3OS2. The summed E-state index contributed by atoms with van der Waals surface area (Å²) >= 11 is 3.10. The van der Waals surface area contributed by atoms with E-state index < -0.39 is 0 Å². The summed E-state index contributed by atoms with van der Waals surface area (Å²) in [5, 5.41) is 5.78. The number of benzene rings is 1. The van der Waals surface area contributed by atoms with E-state index in [1.807, 2.05) is 28.3 Å². The molecular weight excluding hydrogens is 338 g/mol. The zero-order valence-electron chi connectivity index (χ0n) is 13.7. The monoisotopic (exact) mass is 357 g/mol. The standard InChI is InChI=1S/C18H19N3OS2/c1-13-5-6-14(2)16(10-13)21-8-7-19-18(21)24-12-17(22)20-11-15-4-3-9-23-15/h3-10H,11-12H2,1-2H3,(H,20,22). The number of hydrogen-bond donors (Lipinski definition) is 1. The van der Waals surface area contributed by atoms with E-state index in [-0.39, 0.29) is 5.91 Å². The summed E-state index contributed by atoms with van der Waals surface area (Å²) in [6.45, 7) is 4.74. The van der Waals surface area contributed by atoms with E-state index in [1.54, 1.807) is 17.5 Å². The summed E-state index contributed by atoms with van der Waals surface area (Å²) in [7, 11) is 0. The Balaban J connectivity index is 1.63. The highest BCUT2D eigenvalue weighted by atomic mass is 32.2. The van der Waals surface area contributed by atoms with E-state index >= 15 is 0 Å². The molecule has 2 heterocycles. The number of amides is 1. The second kappa shape index (κ2) is 7.68. The van der Waals surface area contributed by atoms with E-state index in [1.165, 1.54) is 22.9 Å². The third-order valence-corrected chi connectivity index (χ3v) is 5.45. The zero-order chi connectivity index (χ0) is 16.9. The molecule has 1 amide bonds. The van der Waals surface area contributed by atoms with Gasteiger partial charge in [0.1, 0.15) is 0 Å². The molecule has 0 aliphatic rings. The van der Waals surface area contributed by atoms with Crippen LogP contribution in [0.5, 0.6) is 0 Å². The Bertz CT molecular complexity index is 825. The third kappa shape index (κ3) is 4.07. The topological polar surface area (TPSA) is 46.9 Å². The smallest absolute Gasteiger partial charge is 0.230 e. The molecule has 0 spiro atoms. The SMILES string of the molecule is Cc1ccc(C)c(-n2ccnc2SCC(=O)NCc2cccs2)c1. The van der Waals surface area contributed by atoms with Gasteiger partial charge in [-0.15, -0.1) is 11.3 Å². The van der Waals surface area contributed by atoms with Gasteiger partial charge in [-0.25, -0.2) is 4.98 Å². The van der Waals surface area contributed by atoms with Crippen molar-refractivity contribution >= 4 is 29.0 Å². The van der Waals surface area contributed by atoms with Crippen molar-refractivity contribution in [1.29, 1.82) is 0 Å². The summed E-state index contributed by atoms with van der Waals surface area (Å²) in [6, 6.07) is 10.3. The van der Waals surface area contributed by atoms with Gasteiger partial charge in [-0.05, 0) is 42.5 Å². The Morgan fingerprint density at radius 1 is 1.33 bits per heavy atom. The molecule has 3 aromatic rings. The molecule has 0 saturated heterocycles. The van der Waals surface area contributed by atoms with Gasteiger partial charge in [0.05, 0.1) is 18.0 Å². The average Bonchev–Trinajstić information content (AvgIpc) is 3.24. The van der Waals surface area contributed by atoms with Gasteiger partial charge in [0.15, 0.2) is 5.16 Å². The molecule has 0 bridgehead atoms. The maximum Gasteiger partial charge on any atom is 0.230 e. The van der Waals surface area contributed by atoms with Gasteiger partial charge in [-0.2, -0.15) is 0 Å². The summed E-state index contributed by atoms with van der Waals surface area (Å²) in [4.78, 5) is 17.6. The van der Waals surface area contributed by atoms with Crippen LogP contribution in [0.25, 0.3) is 5.69 Å². The van der Waals surface area contributed by atoms with Crippen molar-refractivity contribution in [3.8, 4) is 5.69 Å². The fourth-order valence-corrected chi connectivity index (χ4v) is 3.78. The largest absolute Gasteiger partial charge is 0.350 e. The number of nitrogens with one attached hydrogen (secondary N) is 1. The van der Waals surface area contributed by atoms with Gasteiger partial charge in [-0.1, -0.05) is 30.0 Å². The third-order valence-electron chi connectivity index (χ3n) is 3.60. The first-order valence-electron chi connectivity index (χ1n) is 7.66. The van der Waals surface area contributed by atoms with Crippen LogP contribution in [0.1, 0.15) is 16.0 Å². The van der Waals surface area contributed by atoms with Crippen molar-refractivity contribution in [2.45, 2.75) is 25.5 Å². The number of imidazole rings is 1. The van der Waals surface area contributed by atoms with Crippen molar-refractivity contribution in [2.75, 3.05) is 5.75 Å². The molecule has 0 unspecified atom stereocenters. The van der Waals surface area contributed by atoms with Crippen molar-refractivity contribution in [2.24, 2.45) is 0 Å². The van der Waals surface area contributed by atoms with E-state index in [0.29, 0.717) is 12.3 Å². The number of nitrogens with zero attached hydrogens (tertiary/aromatic N) is 2. The second-order valence-corrected chi connectivity index (χ2v) is 7.49. The molecule has 2 aromatic heterocycles. The zero-order valence-corrected chi connectivity index (χ0v) is 15.3. The summed E-state index contributed by atoms with van der Waals surface area (Å²) in [5.74, 6) is 0.372. The number of carbonyl (C=O) groups excluding carboxylic acids is 1. The van der Waals surface area contributed by atoms with Crippen LogP contribution in [0.3, 0.4) is 0 Å². The van der Waals surface area contributed by atoms with Crippen molar-refractivity contribution in [1.82, 2.24) is 14.9 Å². The van der Waals surface area contributed by atoms with E-state index in [0.717, 1.165) is 15.7 Å². The molecule has 1 N–H and O–H groups in total. The Hall–Kier alpha value is -2.05. The first-order chi connectivity index (χ1) is 11.6. The van der Waals surface area contributed by atoms with Gasteiger partial charge in [0, 0.05) is 17.3 Å². The molecule has 3 rings (SSSR count). The van der Waals surface area contributed by atoms with Crippen LogP contribution in [0.4, 0.5) is 0 Å². The van der Waals surface area contributed by atoms with Crippen LogP contribution in [0.15, 0.2) is 53.3 Å². The van der Waals surface area contributed by atoms with Gasteiger partial charge in [-0.3, -0.25) is 9.36 Å². The lowest BCUT2D eigenvalue weighted by Crippen LogP contribution is -2.24. The summed E-state index contributed by atoms with van der Waals surface area (Å²) in [6.07, 6.45) is 3.71. The highest BCUT2D eigenvalue weighted by Gasteiger charge is 2.11. The molecule has 0 aliphatic heterocycles. The first kappa shape index (κ1) is 16.8. The van der Waals surface area contributed by atoms with Crippen LogP contribution in [0, 0.1) is 13.8 Å². The fraction of sp³-hybridized carbons (Fsp3) is 0.222. The minimum Gasteiger partial charge on any atom is -0.350 e. The number of hydrogen-bond acceptors (Lipinski definition) is 4. The molecule has 0 atom stereocenters. The van der Waals surface area contributed by atoms with Crippen LogP contribution in [0.2, 0.25) is 0 Å². The molecule has 0 aliphatic carbocycles. The highest BCUT2D eigenvalue weighted by Crippen LogP contribution is 2.23. The highest BCUT2D eigenvalue weighted by molar-refractivity contribution is 7.99. The summed E-state index contributed by atoms with van der Waals surface area (Å²) < 4.78 is 2.04. The minimum atomic E-state index is 0.0175. The van der Waals surface area contributed by atoms with Gasteiger partial charge >= 0.3 is 0 Å². The van der Waals surface area contributed by atoms with Crippen molar-refractivity contribution < 1.29 is 4.79 Å². The molecule has 6 heteroatoms. The number of carbonyl (C=O) groups is 1. The van der Waals surface area contributed by atoms with Crippen molar-refractivity contribution in [3.63, 3.8) is 0 Å². The molecule has 0 fully saturated rings. The normalized spacial score (nSPS) is 10.8. The average molecular weight is 358 g/mol. The first-order valence-corrected chi connectivity index (χ1v) is 9.53. The fourth-order valence-electron chi connectivity index (χ4n) is 2.34. The van der Waals surface area contributed by atoms with Gasteiger partial charge in [0.25, 0.3) is 0 Å². The van der Waals surface area contributed by atoms with Crippen molar-refractivity contribution in [3.05, 3.63) is 64.1 Å². The second-order valence-electron chi connectivity index (χ2n) is 5.51. The molecule has 4 nitrogen and oxygen atoms in total. The van der Waals surface area contributed by atoms with E-state index in [4.69, 9.17) is 0 Å². The maximum atomic E-state index is 12.0. The molecule has 124 valence electrons. The number of aryl methyl sites for hydroxylation is 2. The number of thiophene rings is 1. The van der Waals surface area contributed by atoms with Gasteiger partial charge < -0.3 is 5.32 Å². The lowest BCUT2D eigenvalue weighted by atomic mass is 10.1. The number of thioether (sulfide) groups is 1. The molecule has 0 saturated carbocycles. The molecule has 0 radical (unpaired) electrons. The molecule has 24 heavy (non-hydrogen) atoms. The number of aromatic nitrogens is 2. The van der Waals surface area contributed by atoms with E-state index in [9.17, 15) is 4.79 Å². The predicted octanol–water partition coefficient (Wildman–Crippen LogP) is 3.96. The Kier molecular flexibility index (Phi) is 5.37.